The molecule has 0 aromatic carbocycles. The zero-order valence-electron chi connectivity index (χ0n) is 19.2. The molecule has 0 saturated carbocycles. The highest BCUT2D eigenvalue weighted by molar-refractivity contribution is 5.75. The average molecular weight is 433 g/mol. The normalized spacial score (nSPS) is 16.7. The monoisotopic (exact) mass is 432 g/mol. The van der Waals surface area contributed by atoms with Gasteiger partial charge in [0.1, 0.15) is 0 Å². The van der Waals surface area contributed by atoms with Gasteiger partial charge in [-0.3, -0.25) is 23.6 Å². The summed E-state index contributed by atoms with van der Waals surface area (Å²) < 4.78 is 9.24. The van der Waals surface area contributed by atoms with Crippen molar-refractivity contribution in [2.45, 2.75) is 39.3 Å². The summed E-state index contributed by atoms with van der Waals surface area (Å²) in [6.45, 7) is 6.17. The van der Waals surface area contributed by atoms with Crippen molar-refractivity contribution in [1.82, 2.24) is 23.6 Å². The molecule has 1 aliphatic rings. The minimum atomic E-state index is -0.398. The van der Waals surface area contributed by atoms with Crippen molar-refractivity contribution in [2.24, 2.45) is 14.1 Å². The summed E-state index contributed by atoms with van der Waals surface area (Å²) in [6.07, 6.45) is 3.93. The van der Waals surface area contributed by atoms with E-state index < -0.39 is 5.69 Å². The maximum absolute atomic E-state index is 13.0. The molecule has 3 rings (SSSR count). The number of anilines is 1. The van der Waals surface area contributed by atoms with Crippen molar-refractivity contribution < 1.29 is 9.53 Å². The second-order valence-corrected chi connectivity index (χ2v) is 8.42. The lowest BCUT2D eigenvalue weighted by molar-refractivity contribution is -0.142. The standard InChI is InChI=1S/C21H32N6O4/c1-14(2)9-11-27-17-18(24(4)21(30)25(5)19(17)29)22-20(27)26-10-7-8-15(12-26)23(3)13-16(28)31-6/h9,15H,7-8,10-13H2,1-6H3. The molecule has 2 aromatic rings. The highest BCUT2D eigenvalue weighted by atomic mass is 16.5. The first-order valence-corrected chi connectivity index (χ1v) is 10.5. The first-order valence-electron chi connectivity index (χ1n) is 10.5. The number of methoxy groups -OCH3 is 1. The number of hydrogen-bond acceptors (Lipinski definition) is 7. The molecule has 1 saturated heterocycles. The number of esters is 1. The SMILES string of the molecule is COC(=O)CN(C)C1CCCN(c2nc3c(c(=O)n(C)c(=O)n3C)n2CC=C(C)C)C1. The Balaban J connectivity index is 2.07. The Morgan fingerprint density at radius 3 is 2.61 bits per heavy atom. The number of fused-ring (bicyclic) bond motifs is 1. The lowest BCUT2D eigenvalue weighted by Gasteiger charge is -2.37. The van der Waals surface area contributed by atoms with Crippen LogP contribution >= 0.6 is 0 Å². The van der Waals surface area contributed by atoms with Gasteiger partial charge in [0.15, 0.2) is 11.2 Å². The van der Waals surface area contributed by atoms with Crippen LogP contribution in [-0.2, 0) is 30.2 Å². The van der Waals surface area contributed by atoms with E-state index in [1.165, 1.54) is 18.7 Å². The van der Waals surface area contributed by atoms with Crippen molar-refractivity contribution in [2.75, 3.05) is 38.7 Å². The molecule has 31 heavy (non-hydrogen) atoms. The lowest BCUT2D eigenvalue weighted by atomic mass is 10.0. The van der Waals surface area contributed by atoms with Crippen LogP contribution < -0.4 is 16.1 Å². The van der Waals surface area contributed by atoms with Crippen LogP contribution in [0.1, 0.15) is 26.7 Å². The van der Waals surface area contributed by atoms with Crippen LogP contribution in [0.25, 0.3) is 11.2 Å². The van der Waals surface area contributed by atoms with Crippen molar-refractivity contribution in [3.05, 3.63) is 32.5 Å². The topological polar surface area (TPSA) is 94.6 Å². The number of hydrogen-bond donors (Lipinski definition) is 0. The lowest BCUT2D eigenvalue weighted by Crippen LogP contribution is -2.48. The number of rotatable bonds is 6. The molecule has 0 aliphatic carbocycles. The Hall–Kier alpha value is -2.88. The number of allylic oxidation sites excluding steroid dienone is 2. The highest BCUT2D eigenvalue weighted by Gasteiger charge is 2.29. The van der Waals surface area contributed by atoms with Crippen molar-refractivity contribution >= 4 is 23.1 Å². The third kappa shape index (κ3) is 4.43. The Morgan fingerprint density at radius 2 is 1.97 bits per heavy atom. The minimum absolute atomic E-state index is 0.149. The van der Waals surface area contributed by atoms with Crippen LogP contribution in [0.4, 0.5) is 5.95 Å². The van der Waals surface area contributed by atoms with Gasteiger partial charge in [-0.25, -0.2) is 4.79 Å². The summed E-state index contributed by atoms with van der Waals surface area (Å²) in [5.41, 5.74) is 1.18. The summed E-state index contributed by atoms with van der Waals surface area (Å²) in [7, 11) is 6.42. The number of nitrogens with zero attached hydrogens (tertiary/aromatic N) is 6. The van der Waals surface area contributed by atoms with Crippen LogP contribution in [0, 0.1) is 0 Å². The van der Waals surface area contributed by atoms with E-state index in [4.69, 9.17) is 9.72 Å². The zero-order chi connectivity index (χ0) is 22.9. The number of piperidine rings is 1. The quantitative estimate of drug-likeness (QED) is 0.484. The van der Waals surface area contributed by atoms with E-state index in [2.05, 4.69) is 4.90 Å². The van der Waals surface area contributed by atoms with Crippen molar-refractivity contribution in [3.8, 4) is 0 Å². The highest BCUT2D eigenvalue weighted by Crippen LogP contribution is 2.25. The van der Waals surface area contributed by atoms with E-state index in [1.54, 1.807) is 7.05 Å². The molecule has 3 heterocycles. The van der Waals surface area contributed by atoms with Crippen LogP contribution in [-0.4, -0.2) is 69.4 Å². The minimum Gasteiger partial charge on any atom is -0.468 e. The van der Waals surface area contributed by atoms with Gasteiger partial charge < -0.3 is 14.2 Å². The number of aromatic nitrogens is 4. The third-order valence-corrected chi connectivity index (χ3v) is 5.92. The summed E-state index contributed by atoms with van der Waals surface area (Å²) in [6, 6.07) is 0.149. The van der Waals surface area contributed by atoms with Crippen molar-refractivity contribution in [3.63, 3.8) is 0 Å². The molecule has 0 spiro atoms. The van der Waals surface area contributed by atoms with Gasteiger partial charge in [-0.2, -0.15) is 4.98 Å². The molecule has 2 aromatic heterocycles. The molecule has 1 atom stereocenters. The van der Waals surface area contributed by atoms with Gasteiger partial charge in [0.2, 0.25) is 5.95 Å². The van der Waals surface area contributed by atoms with E-state index in [0.29, 0.717) is 30.2 Å². The molecule has 10 heteroatoms. The van der Waals surface area contributed by atoms with Crippen LogP contribution in [0.2, 0.25) is 0 Å². The Morgan fingerprint density at radius 1 is 1.26 bits per heavy atom. The van der Waals surface area contributed by atoms with Gasteiger partial charge in [-0.05, 0) is 33.7 Å². The fourth-order valence-corrected chi connectivity index (χ4v) is 4.02. The molecule has 1 aliphatic heterocycles. The predicted molar refractivity (Wildman–Crippen MR) is 120 cm³/mol. The van der Waals surface area contributed by atoms with Gasteiger partial charge in [0.25, 0.3) is 5.56 Å². The fraction of sp³-hybridized carbons (Fsp3) is 0.619. The number of imidazole rings is 1. The van der Waals surface area contributed by atoms with Crippen LogP contribution in [0.15, 0.2) is 21.2 Å². The first kappa shape index (κ1) is 22.8. The molecule has 0 N–H and O–H groups in total. The van der Waals surface area contributed by atoms with Gasteiger partial charge in [0.05, 0.1) is 13.7 Å². The summed E-state index contributed by atoms with van der Waals surface area (Å²) in [5.74, 6) is 0.399. The first-order chi connectivity index (χ1) is 14.6. The molecule has 1 unspecified atom stereocenters. The summed E-state index contributed by atoms with van der Waals surface area (Å²) in [5, 5.41) is 0. The fourth-order valence-electron chi connectivity index (χ4n) is 4.02. The smallest absolute Gasteiger partial charge is 0.332 e. The number of carbonyl (C=O) groups excluding carboxylic acids is 1. The van der Waals surface area contributed by atoms with Crippen LogP contribution in [0.3, 0.4) is 0 Å². The maximum Gasteiger partial charge on any atom is 0.332 e. The second kappa shape index (κ2) is 9.09. The van der Waals surface area contributed by atoms with Gasteiger partial charge >= 0.3 is 11.7 Å². The van der Waals surface area contributed by atoms with E-state index in [0.717, 1.165) is 29.5 Å². The Kier molecular flexibility index (Phi) is 6.68. The van der Waals surface area contributed by atoms with Crippen LogP contribution in [0.5, 0.6) is 0 Å². The van der Waals surface area contributed by atoms with E-state index in [9.17, 15) is 14.4 Å². The predicted octanol–water partition coefficient (Wildman–Crippen LogP) is 0.474. The maximum atomic E-state index is 13.0. The van der Waals surface area contributed by atoms with E-state index >= 15 is 0 Å². The molecular weight excluding hydrogens is 400 g/mol. The average Bonchev–Trinajstić information content (AvgIpc) is 3.14. The molecule has 170 valence electrons. The Labute approximate surface area is 181 Å². The molecule has 1 fully saturated rings. The largest absolute Gasteiger partial charge is 0.468 e. The molecule has 0 radical (unpaired) electrons. The van der Waals surface area contributed by atoms with Gasteiger partial charge in [-0.1, -0.05) is 11.6 Å². The number of ether oxygens (including phenoxy) is 1. The summed E-state index contributed by atoms with van der Waals surface area (Å²) >= 11 is 0. The number of aryl methyl sites for hydroxylation is 1. The van der Waals surface area contributed by atoms with Crippen molar-refractivity contribution in [1.29, 1.82) is 0 Å². The van der Waals surface area contributed by atoms with Gasteiger partial charge in [-0.15, -0.1) is 0 Å². The van der Waals surface area contributed by atoms with E-state index in [1.807, 2.05) is 36.4 Å². The van der Waals surface area contributed by atoms with E-state index in [-0.39, 0.29) is 24.1 Å². The number of likely N-dealkylation sites (N-methyl/N-ethyl adjacent to an activating group) is 1. The Bertz CT molecular complexity index is 1120. The number of carbonyl (C=O) groups is 1. The summed E-state index contributed by atoms with van der Waals surface area (Å²) in [4.78, 5) is 46.0. The second-order valence-electron chi connectivity index (χ2n) is 8.42. The third-order valence-electron chi connectivity index (χ3n) is 5.92. The molecule has 0 bridgehead atoms. The van der Waals surface area contributed by atoms with Gasteiger partial charge in [0, 0.05) is 39.8 Å². The molecule has 10 nitrogen and oxygen atoms in total. The molecule has 0 amide bonds. The zero-order valence-corrected chi connectivity index (χ0v) is 19.2. The molecular formula is C21H32N6O4.